The monoisotopic (exact) mass is 416 g/mol. The van der Waals surface area contributed by atoms with Crippen LogP contribution >= 0.6 is 23.1 Å². The smallest absolute Gasteiger partial charge is 0.228 e. The van der Waals surface area contributed by atoms with E-state index in [-0.39, 0.29) is 11.7 Å². The van der Waals surface area contributed by atoms with E-state index in [2.05, 4.69) is 4.98 Å². The van der Waals surface area contributed by atoms with E-state index in [0.29, 0.717) is 24.4 Å². The summed E-state index contributed by atoms with van der Waals surface area (Å²) >= 11 is 3.17. The number of carbonyl (C=O) groups excluding carboxylic acids is 1. The predicted octanol–water partition coefficient (Wildman–Crippen LogP) is 5.31. The van der Waals surface area contributed by atoms with Crippen LogP contribution in [0.2, 0.25) is 0 Å². The van der Waals surface area contributed by atoms with Crippen LogP contribution in [0.15, 0.2) is 58.8 Å². The highest BCUT2D eigenvalue weighted by atomic mass is 32.2. The summed E-state index contributed by atoms with van der Waals surface area (Å²) < 4.78 is 18.5. The van der Waals surface area contributed by atoms with Crippen LogP contribution in [0, 0.1) is 12.7 Å². The van der Waals surface area contributed by atoms with Crippen LogP contribution in [-0.4, -0.2) is 23.8 Å². The lowest BCUT2D eigenvalue weighted by molar-refractivity contribution is -0.118. The molecule has 0 aliphatic rings. The number of halogens is 1. The Labute approximate surface area is 172 Å². The molecule has 0 aliphatic heterocycles. The molecule has 0 unspecified atom stereocenters. The number of anilines is 1. The average Bonchev–Trinajstić information content (AvgIpc) is 3.12. The number of aryl methyl sites for hydroxylation is 1. The molecule has 28 heavy (non-hydrogen) atoms. The highest BCUT2D eigenvalue weighted by Crippen LogP contribution is 2.24. The molecule has 1 amide bonds. The van der Waals surface area contributed by atoms with Crippen LogP contribution in [0.25, 0.3) is 0 Å². The number of ether oxygens (including phenoxy) is 1. The number of thiazole rings is 1. The summed E-state index contributed by atoms with van der Waals surface area (Å²) in [5.74, 6) is 1.12. The van der Waals surface area contributed by atoms with Gasteiger partial charge in [0.1, 0.15) is 11.6 Å². The SMILES string of the molecule is COc1ccc(SCCC(=O)N(Cc2csc(C)n2)c2ccc(F)cc2)cc1. The quantitative estimate of drug-likeness (QED) is 0.467. The number of aromatic nitrogens is 1. The first-order chi connectivity index (χ1) is 13.5. The van der Waals surface area contributed by atoms with Gasteiger partial charge in [0.15, 0.2) is 0 Å². The van der Waals surface area contributed by atoms with Gasteiger partial charge in [-0.1, -0.05) is 0 Å². The summed E-state index contributed by atoms with van der Waals surface area (Å²) in [6.45, 7) is 2.31. The van der Waals surface area contributed by atoms with Crippen LogP contribution in [0.1, 0.15) is 17.1 Å². The van der Waals surface area contributed by atoms with Crippen LogP contribution in [0.3, 0.4) is 0 Å². The molecule has 1 aromatic heterocycles. The Balaban J connectivity index is 1.65. The highest BCUT2D eigenvalue weighted by molar-refractivity contribution is 7.99. The zero-order valence-corrected chi connectivity index (χ0v) is 17.4. The van der Waals surface area contributed by atoms with Gasteiger partial charge in [-0.15, -0.1) is 23.1 Å². The molecule has 0 aliphatic carbocycles. The van der Waals surface area contributed by atoms with Crippen molar-refractivity contribution < 1.29 is 13.9 Å². The van der Waals surface area contributed by atoms with Crippen molar-refractivity contribution in [3.8, 4) is 5.75 Å². The van der Waals surface area contributed by atoms with Crippen molar-refractivity contribution in [3.05, 3.63) is 70.4 Å². The number of benzene rings is 2. The molecule has 7 heteroatoms. The van der Waals surface area contributed by atoms with Crippen LogP contribution < -0.4 is 9.64 Å². The van der Waals surface area contributed by atoms with E-state index in [4.69, 9.17) is 4.74 Å². The first kappa shape index (κ1) is 20.4. The molecule has 2 aromatic carbocycles. The Morgan fingerprint density at radius 2 is 1.89 bits per heavy atom. The molecule has 3 aromatic rings. The van der Waals surface area contributed by atoms with Crippen LogP contribution in [0.4, 0.5) is 10.1 Å². The second kappa shape index (κ2) is 9.71. The van der Waals surface area contributed by atoms with Gasteiger partial charge in [0.25, 0.3) is 0 Å². The number of hydrogen-bond acceptors (Lipinski definition) is 5. The summed E-state index contributed by atoms with van der Waals surface area (Å²) in [5.41, 5.74) is 1.51. The summed E-state index contributed by atoms with van der Waals surface area (Å²) in [6, 6.07) is 13.8. The Kier molecular flexibility index (Phi) is 7.06. The molecular formula is C21H21FN2O2S2. The zero-order chi connectivity index (χ0) is 19.9. The van der Waals surface area contributed by atoms with E-state index in [0.717, 1.165) is 21.3 Å². The number of nitrogens with zero attached hydrogens (tertiary/aromatic N) is 2. The number of hydrogen-bond donors (Lipinski definition) is 0. The van der Waals surface area contributed by atoms with E-state index >= 15 is 0 Å². The fourth-order valence-corrected chi connectivity index (χ4v) is 4.10. The van der Waals surface area contributed by atoms with Crippen molar-refractivity contribution in [1.82, 2.24) is 4.98 Å². The van der Waals surface area contributed by atoms with E-state index in [1.54, 1.807) is 47.2 Å². The van der Waals surface area contributed by atoms with Gasteiger partial charge < -0.3 is 9.64 Å². The Morgan fingerprint density at radius 3 is 2.50 bits per heavy atom. The van der Waals surface area contributed by atoms with Gasteiger partial charge >= 0.3 is 0 Å². The van der Waals surface area contributed by atoms with Gasteiger partial charge in [-0.05, 0) is 55.5 Å². The third kappa shape index (κ3) is 5.56. The molecule has 0 fully saturated rings. The lowest BCUT2D eigenvalue weighted by Crippen LogP contribution is -2.30. The molecule has 1 heterocycles. The second-order valence-corrected chi connectivity index (χ2v) is 8.32. The maximum Gasteiger partial charge on any atom is 0.228 e. The molecule has 0 saturated heterocycles. The Hall–Kier alpha value is -2.38. The van der Waals surface area contributed by atoms with Crippen molar-refractivity contribution in [1.29, 1.82) is 0 Å². The summed E-state index contributed by atoms with van der Waals surface area (Å²) in [6.07, 6.45) is 0.372. The molecule has 0 radical (unpaired) electrons. The number of thioether (sulfide) groups is 1. The summed E-state index contributed by atoms with van der Waals surface area (Å²) in [5, 5.41) is 2.90. The minimum Gasteiger partial charge on any atom is -0.497 e. The molecule has 0 N–H and O–H groups in total. The van der Waals surface area contributed by atoms with Gasteiger partial charge in [-0.3, -0.25) is 4.79 Å². The van der Waals surface area contributed by atoms with Crippen molar-refractivity contribution in [2.75, 3.05) is 17.8 Å². The van der Waals surface area contributed by atoms with Gasteiger partial charge in [-0.25, -0.2) is 9.37 Å². The molecular weight excluding hydrogens is 395 g/mol. The molecule has 0 atom stereocenters. The van der Waals surface area contributed by atoms with Gasteiger partial charge in [0.2, 0.25) is 5.91 Å². The highest BCUT2D eigenvalue weighted by Gasteiger charge is 2.17. The lowest BCUT2D eigenvalue weighted by Gasteiger charge is -2.22. The molecule has 146 valence electrons. The Morgan fingerprint density at radius 1 is 1.18 bits per heavy atom. The Bertz CT molecular complexity index is 911. The van der Waals surface area contributed by atoms with E-state index in [9.17, 15) is 9.18 Å². The standard InChI is InChI=1S/C21H21FN2O2S2/c1-15-23-17(14-28-15)13-24(18-5-3-16(22)4-6-18)21(25)11-12-27-20-9-7-19(26-2)8-10-20/h3-10,14H,11-13H2,1-2H3. The number of methoxy groups -OCH3 is 1. The maximum atomic E-state index is 13.3. The van der Waals surface area contributed by atoms with Crippen molar-refractivity contribution in [2.45, 2.75) is 24.8 Å². The third-order valence-electron chi connectivity index (χ3n) is 4.07. The lowest BCUT2D eigenvalue weighted by atomic mass is 10.2. The molecule has 3 rings (SSSR count). The fourth-order valence-electron chi connectivity index (χ4n) is 2.65. The molecule has 0 bridgehead atoms. The summed E-state index contributed by atoms with van der Waals surface area (Å²) in [7, 11) is 1.63. The molecule has 4 nitrogen and oxygen atoms in total. The maximum absolute atomic E-state index is 13.3. The zero-order valence-electron chi connectivity index (χ0n) is 15.7. The van der Waals surface area contributed by atoms with Crippen LogP contribution in [0.5, 0.6) is 5.75 Å². The van der Waals surface area contributed by atoms with Crippen LogP contribution in [-0.2, 0) is 11.3 Å². The van der Waals surface area contributed by atoms with E-state index in [1.807, 2.05) is 36.6 Å². The van der Waals surface area contributed by atoms with E-state index < -0.39 is 0 Å². The normalized spacial score (nSPS) is 10.7. The minimum absolute atomic E-state index is 0.0155. The summed E-state index contributed by atoms with van der Waals surface area (Å²) in [4.78, 5) is 20.1. The number of rotatable bonds is 8. The molecule has 0 saturated carbocycles. The average molecular weight is 417 g/mol. The minimum atomic E-state index is -0.323. The van der Waals surface area contributed by atoms with E-state index in [1.165, 1.54) is 12.1 Å². The van der Waals surface area contributed by atoms with Gasteiger partial charge in [0.05, 0.1) is 24.4 Å². The number of carbonyl (C=O) groups is 1. The third-order valence-corrected chi connectivity index (χ3v) is 5.91. The predicted molar refractivity (Wildman–Crippen MR) is 113 cm³/mol. The number of amides is 1. The molecule has 0 spiro atoms. The van der Waals surface area contributed by atoms with Crippen molar-refractivity contribution in [2.24, 2.45) is 0 Å². The van der Waals surface area contributed by atoms with Gasteiger partial charge in [-0.2, -0.15) is 0 Å². The van der Waals surface area contributed by atoms with Crippen molar-refractivity contribution in [3.63, 3.8) is 0 Å². The largest absolute Gasteiger partial charge is 0.497 e. The fraction of sp³-hybridized carbons (Fsp3) is 0.238. The first-order valence-corrected chi connectivity index (χ1v) is 10.7. The van der Waals surface area contributed by atoms with Crippen molar-refractivity contribution >= 4 is 34.7 Å². The van der Waals surface area contributed by atoms with Gasteiger partial charge in [0, 0.05) is 28.1 Å². The topological polar surface area (TPSA) is 42.4 Å². The second-order valence-electron chi connectivity index (χ2n) is 6.09. The first-order valence-electron chi connectivity index (χ1n) is 8.79.